The minimum Gasteiger partial charge on any atom is -0.483 e. The Kier molecular flexibility index (Phi) is 6.83. The number of benzene rings is 2. The van der Waals surface area contributed by atoms with Gasteiger partial charge < -0.3 is 24.1 Å². The number of aromatic nitrogens is 3. The number of aromatic amines is 1. The van der Waals surface area contributed by atoms with Crippen LogP contribution in [-0.2, 0) is 25.2 Å². The molecule has 2 N–H and O–H groups in total. The number of carboxylic acid groups (broad SMARTS) is 1. The molecule has 10 heteroatoms. The van der Waals surface area contributed by atoms with Crippen molar-refractivity contribution >= 4 is 28.4 Å². The van der Waals surface area contributed by atoms with E-state index in [2.05, 4.69) is 9.97 Å². The number of carbonyl (C=O) groups is 1. The van der Waals surface area contributed by atoms with Gasteiger partial charge in [0.25, 0.3) is 0 Å². The van der Waals surface area contributed by atoms with E-state index in [4.69, 9.17) is 17.9 Å². The summed E-state index contributed by atoms with van der Waals surface area (Å²) in [6, 6.07) is 12.8. The van der Waals surface area contributed by atoms with Crippen LogP contribution in [0.2, 0.25) is 0 Å². The molecular formula is C21H19N3O6S. The second-order valence-corrected chi connectivity index (χ2v) is 6.74. The first-order valence-corrected chi connectivity index (χ1v) is 9.73. The molecule has 2 aromatic carbocycles. The summed E-state index contributed by atoms with van der Waals surface area (Å²) < 4.78 is 30.3. The molecule has 0 bridgehead atoms. The van der Waals surface area contributed by atoms with Gasteiger partial charge >= 0.3 is 17.5 Å². The van der Waals surface area contributed by atoms with Crippen molar-refractivity contribution in [2.45, 2.75) is 13.5 Å². The number of aryl methyl sites for hydroxylation is 2. The van der Waals surface area contributed by atoms with Crippen LogP contribution in [0.5, 0.6) is 17.2 Å². The second kappa shape index (κ2) is 9.72. The normalized spacial score (nSPS) is 10.3. The molecule has 0 fully saturated rings. The van der Waals surface area contributed by atoms with Crippen molar-refractivity contribution in [2.75, 3.05) is 0 Å². The molecule has 31 heavy (non-hydrogen) atoms. The Morgan fingerprint density at radius 3 is 2.48 bits per heavy atom. The Morgan fingerprint density at radius 1 is 1.16 bits per heavy atom. The molecular weight excluding hydrogens is 422 g/mol. The third-order valence-corrected chi connectivity index (χ3v) is 4.43. The number of fused-ring (bicyclic) bond motifs is 1. The van der Waals surface area contributed by atoms with Gasteiger partial charge in [0.2, 0.25) is 0 Å². The number of hydrogen-bond donors (Lipinski definition) is 2. The molecule has 2 aromatic heterocycles. The van der Waals surface area contributed by atoms with Crippen molar-refractivity contribution in [3.05, 3.63) is 71.9 Å². The highest BCUT2D eigenvalue weighted by atomic mass is 32.1. The van der Waals surface area contributed by atoms with E-state index in [0.29, 0.717) is 28.2 Å². The van der Waals surface area contributed by atoms with Crippen molar-refractivity contribution in [1.82, 2.24) is 14.5 Å². The Hall–Kier alpha value is -3.92. The predicted octanol–water partition coefficient (Wildman–Crippen LogP) is 3.61. The summed E-state index contributed by atoms with van der Waals surface area (Å²) >= 11 is -0.750. The van der Waals surface area contributed by atoms with Crippen LogP contribution < -0.4 is 9.47 Å². The minimum atomic E-state index is -1.03. The monoisotopic (exact) mass is 441 g/mol. The summed E-state index contributed by atoms with van der Waals surface area (Å²) in [5.74, 6) is 1.46. The number of imidazole rings is 1. The number of nitrogens with one attached hydrogen (secondary N) is 1. The highest BCUT2D eigenvalue weighted by Crippen LogP contribution is 2.34. The zero-order chi connectivity index (χ0) is 22.4. The standard InChI is InChI=1S/C21H19N3O4.O2S/c1-13-3-5-15(6-4-13)28-16-9-14-10-17(21(25)26)23-20(14)18(11-16)27-12-19-22-7-8-24(19)2;1-3-2/h3-11,23H,12H2,1-2H3,(H,25,26);. The van der Waals surface area contributed by atoms with Gasteiger partial charge in [0, 0.05) is 30.9 Å². The molecule has 160 valence electrons. The smallest absolute Gasteiger partial charge is 0.352 e. The number of aromatic carboxylic acids is 1. The second-order valence-electron chi connectivity index (χ2n) is 6.60. The number of carboxylic acids is 1. The lowest BCUT2D eigenvalue weighted by Crippen LogP contribution is -2.03. The van der Waals surface area contributed by atoms with Crippen molar-refractivity contribution in [3.8, 4) is 17.2 Å². The summed E-state index contributed by atoms with van der Waals surface area (Å²) in [6.07, 6.45) is 3.53. The quantitative estimate of drug-likeness (QED) is 0.468. The van der Waals surface area contributed by atoms with Gasteiger partial charge in [-0.25, -0.2) is 9.78 Å². The fraction of sp³-hybridized carbons (Fsp3) is 0.143. The van der Waals surface area contributed by atoms with Crippen LogP contribution in [0.3, 0.4) is 0 Å². The molecule has 0 aliphatic rings. The number of ether oxygens (including phenoxy) is 2. The highest BCUT2D eigenvalue weighted by Gasteiger charge is 2.14. The molecule has 0 atom stereocenters. The van der Waals surface area contributed by atoms with Gasteiger partial charge in [-0.1, -0.05) is 17.7 Å². The van der Waals surface area contributed by atoms with Gasteiger partial charge in [0.05, 0.1) is 5.52 Å². The first-order valence-electron chi connectivity index (χ1n) is 9.06. The minimum absolute atomic E-state index is 0.0873. The van der Waals surface area contributed by atoms with E-state index in [1.807, 2.05) is 49.0 Å². The number of nitrogens with zero attached hydrogens (tertiary/aromatic N) is 2. The van der Waals surface area contributed by atoms with E-state index in [9.17, 15) is 9.90 Å². The van der Waals surface area contributed by atoms with Crippen LogP contribution in [0.15, 0.2) is 54.9 Å². The fourth-order valence-corrected chi connectivity index (χ4v) is 2.89. The largest absolute Gasteiger partial charge is 0.483 e. The van der Waals surface area contributed by atoms with E-state index in [-0.39, 0.29) is 12.3 Å². The van der Waals surface area contributed by atoms with E-state index < -0.39 is 17.5 Å². The van der Waals surface area contributed by atoms with Crippen LogP contribution >= 0.6 is 0 Å². The molecule has 0 radical (unpaired) electrons. The van der Waals surface area contributed by atoms with Crippen molar-refractivity contribution in [1.29, 1.82) is 0 Å². The molecule has 9 nitrogen and oxygen atoms in total. The zero-order valence-electron chi connectivity index (χ0n) is 16.7. The molecule has 0 saturated heterocycles. The number of H-pyrrole nitrogens is 1. The van der Waals surface area contributed by atoms with Crippen molar-refractivity contribution in [3.63, 3.8) is 0 Å². The third-order valence-electron chi connectivity index (χ3n) is 4.43. The lowest BCUT2D eigenvalue weighted by Gasteiger charge is -2.11. The van der Waals surface area contributed by atoms with E-state index >= 15 is 0 Å². The van der Waals surface area contributed by atoms with Crippen LogP contribution in [0.4, 0.5) is 0 Å². The summed E-state index contributed by atoms with van der Waals surface area (Å²) in [4.78, 5) is 18.5. The van der Waals surface area contributed by atoms with Gasteiger partial charge in [0.1, 0.15) is 35.4 Å². The van der Waals surface area contributed by atoms with E-state index in [1.54, 1.807) is 24.4 Å². The van der Waals surface area contributed by atoms with Crippen LogP contribution in [0.1, 0.15) is 21.9 Å². The first kappa shape index (κ1) is 21.8. The zero-order valence-corrected chi connectivity index (χ0v) is 17.5. The van der Waals surface area contributed by atoms with Crippen molar-refractivity contribution < 1.29 is 27.8 Å². The van der Waals surface area contributed by atoms with Crippen LogP contribution in [0.25, 0.3) is 10.9 Å². The Balaban J connectivity index is 0.000000858. The summed E-state index contributed by atoms with van der Waals surface area (Å²) in [5.41, 5.74) is 1.82. The van der Waals surface area contributed by atoms with E-state index in [1.165, 1.54) is 0 Å². The van der Waals surface area contributed by atoms with Gasteiger partial charge in [-0.3, -0.25) is 0 Å². The number of rotatable bonds is 6. The molecule has 4 rings (SSSR count). The third kappa shape index (κ3) is 5.37. The first-order chi connectivity index (χ1) is 14.9. The molecule has 0 saturated carbocycles. The topological polar surface area (TPSA) is 124 Å². The molecule has 0 aliphatic heterocycles. The van der Waals surface area contributed by atoms with Gasteiger partial charge in [-0.15, -0.1) is 0 Å². The lowest BCUT2D eigenvalue weighted by atomic mass is 10.2. The molecule has 0 spiro atoms. The lowest BCUT2D eigenvalue weighted by molar-refractivity contribution is 0.0691. The molecule has 0 unspecified atom stereocenters. The van der Waals surface area contributed by atoms with E-state index in [0.717, 1.165) is 11.4 Å². The number of hydrogen-bond acceptors (Lipinski definition) is 6. The SMILES string of the molecule is Cc1ccc(Oc2cc(OCc3nccn3C)c3[nH]c(C(=O)O)cc3c2)cc1.O=S=O. The van der Waals surface area contributed by atoms with Gasteiger partial charge in [-0.05, 0) is 31.2 Å². The Morgan fingerprint density at radius 2 is 1.87 bits per heavy atom. The Labute approximate surface area is 180 Å². The molecule has 0 aliphatic carbocycles. The maximum absolute atomic E-state index is 11.4. The molecule has 2 heterocycles. The van der Waals surface area contributed by atoms with Gasteiger partial charge in [-0.2, -0.15) is 8.42 Å². The van der Waals surface area contributed by atoms with Crippen LogP contribution in [0, 0.1) is 6.92 Å². The average Bonchev–Trinajstić information content (AvgIpc) is 3.35. The summed E-state index contributed by atoms with van der Waals surface area (Å²) in [5, 5.41) is 10.00. The fourth-order valence-electron chi connectivity index (χ4n) is 2.89. The summed E-state index contributed by atoms with van der Waals surface area (Å²) in [7, 11) is 1.88. The summed E-state index contributed by atoms with van der Waals surface area (Å²) in [6.45, 7) is 2.25. The Bertz CT molecular complexity index is 1240. The molecule has 4 aromatic rings. The van der Waals surface area contributed by atoms with Crippen LogP contribution in [-0.4, -0.2) is 34.0 Å². The maximum atomic E-state index is 11.4. The molecule has 0 amide bonds. The van der Waals surface area contributed by atoms with Crippen molar-refractivity contribution in [2.24, 2.45) is 7.05 Å². The predicted molar refractivity (Wildman–Crippen MR) is 113 cm³/mol. The maximum Gasteiger partial charge on any atom is 0.352 e. The highest BCUT2D eigenvalue weighted by molar-refractivity contribution is 7.51. The average molecular weight is 441 g/mol. The van der Waals surface area contributed by atoms with Gasteiger partial charge in [0.15, 0.2) is 0 Å².